The van der Waals surface area contributed by atoms with Gasteiger partial charge in [-0.2, -0.15) is 0 Å². The van der Waals surface area contributed by atoms with Crippen molar-refractivity contribution in [3.63, 3.8) is 0 Å². The summed E-state index contributed by atoms with van der Waals surface area (Å²) >= 11 is 5.93. The Hall–Kier alpha value is -2.12. The van der Waals surface area contributed by atoms with E-state index in [1.165, 1.54) is 25.2 Å². The number of aryl methyl sites for hydroxylation is 2. The van der Waals surface area contributed by atoms with E-state index in [1.54, 1.807) is 26.0 Å². The molecule has 0 aliphatic carbocycles. The monoisotopic (exact) mass is 354 g/mol. The summed E-state index contributed by atoms with van der Waals surface area (Å²) in [5.41, 5.74) is 1.31. The predicted molar refractivity (Wildman–Crippen MR) is 89.6 cm³/mol. The minimum atomic E-state index is -3.93. The highest BCUT2D eigenvalue weighted by Crippen LogP contribution is 2.30. The summed E-state index contributed by atoms with van der Waals surface area (Å²) in [5.74, 6) is 0. The van der Waals surface area contributed by atoms with Crippen molar-refractivity contribution in [2.45, 2.75) is 18.7 Å². The number of nitro groups is 1. The molecule has 8 heteroatoms. The molecule has 0 bridgehead atoms. The molecular weight excluding hydrogens is 340 g/mol. The van der Waals surface area contributed by atoms with Crippen LogP contribution in [-0.2, 0) is 10.0 Å². The van der Waals surface area contributed by atoms with Gasteiger partial charge in [0.05, 0.1) is 15.5 Å². The fraction of sp³-hybridized carbons (Fsp3) is 0.200. The minimum absolute atomic E-state index is 0.142. The summed E-state index contributed by atoms with van der Waals surface area (Å²) in [6.07, 6.45) is 0. The number of halogens is 1. The average molecular weight is 355 g/mol. The van der Waals surface area contributed by atoms with E-state index < -0.39 is 14.9 Å². The molecule has 0 aliphatic rings. The molecule has 0 saturated carbocycles. The zero-order valence-corrected chi connectivity index (χ0v) is 14.4. The fourth-order valence-electron chi connectivity index (χ4n) is 2.16. The Balaban J connectivity index is 2.56. The maximum absolute atomic E-state index is 12.7. The summed E-state index contributed by atoms with van der Waals surface area (Å²) in [6.45, 7) is 3.31. The van der Waals surface area contributed by atoms with Crippen LogP contribution in [0.25, 0.3) is 0 Å². The molecule has 2 rings (SSSR count). The van der Waals surface area contributed by atoms with Gasteiger partial charge in [0, 0.05) is 23.7 Å². The summed E-state index contributed by atoms with van der Waals surface area (Å²) in [4.78, 5) is 10.3. The Morgan fingerprint density at radius 3 is 2.30 bits per heavy atom. The van der Waals surface area contributed by atoms with Gasteiger partial charge in [-0.3, -0.25) is 14.4 Å². The number of benzene rings is 2. The van der Waals surface area contributed by atoms with E-state index in [0.717, 1.165) is 15.9 Å². The third-order valence-electron chi connectivity index (χ3n) is 3.55. The van der Waals surface area contributed by atoms with Crippen molar-refractivity contribution in [1.29, 1.82) is 0 Å². The molecule has 0 spiro atoms. The summed E-state index contributed by atoms with van der Waals surface area (Å²) in [6, 6.07) is 8.76. The zero-order chi connectivity index (χ0) is 17.4. The summed E-state index contributed by atoms with van der Waals surface area (Å²) in [5, 5.41) is 11.4. The Kier molecular flexibility index (Phi) is 4.63. The van der Waals surface area contributed by atoms with Crippen LogP contribution in [0, 0.1) is 24.0 Å². The van der Waals surface area contributed by atoms with Crippen LogP contribution in [0.2, 0.25) is 5.02 Å². The van der Waals surface area contributed by atoms with Crippen molar-refractivity contribution < 1.29 is 13.3 Å². The second-order valence-electron chi connectivity index (χ2n) is 5.11. The lowest BCUT2D eigenvalue weighted by molar-refractivity contribution is -0.385. The standard InChI is InChI=1S/C15H15ClN2O4S/c1-10-4-6-12(16)8-14(10)17(3)23(21,22)13-7-5-11(2)15(9-13)18(19)20/h4-9H,1-3H3. The van der Waals surface area contributed by atoms with Crippen LogP contribution in [0.15, 0.2) is 41.3 Å². The van der Waals surface area contributed by atoms with Crippen LogP contribution in [-0.4, -0.2) is 20.4 Å². The van der Waals surface area contributed by atoms with E-state index in [0.29, 0.717) is 16.3 Å². The van der Waals surface area contributed by atoms with Crippen LogP contribution in [0.5, 0.6) is 0 Å². The van der Waals surface area contributed by atoms with Crippen LogP contribution >= 0.6 is 11.6 Å². The van der Waals surface area contributed by atoms with Crippen molar-refractivity contribution in [2.75, 3.05) is 11.4 Å². The first-order valence-electron chi connectivity index (χ1n) is 6.64. The first-order chi connectivity index (χ1) is 10.6. The number of hydrogen-bond acceptors (Lipinski definition) is 4. The molecule has 0 aromatic heterocycles. The van der Waals surface area contributed by atoms with Gasteiger partial charge in [-0.1, -0.05) is 23.7 Å². The van der Waals surface area contributed by atoms with Gasteiger partial charge < -0.3 is 0 Å². The van der Waals surface area contributed by atoms with Gasteiger partial charge >= 0.3 is 0 Å². The Morgan fingerprint density at radius 2 is 1.70 bits per heavy atom. The van der Waals surface area contributed by atoms with Crippen molar-refractivity contribution >= 4 is 33.0 Å². The zero-order valence-electron chi connectivity index (χ0n) is 12.8. The second-order valence-corrected chi connectivity index (χ2v) is 7.51. The second kappa shape index (κ2) is 6.17. The van der Waals surface area contributed by atoms with E-state index in [9.17, 15) is 18.5 Å². The minimum Gasteiger partial charge on any atom is -0.269 e. The van der Waals surface area contributed by atoms with Gasteiger partial charge in [-0.05, 0) is 37.6 Å². The number of nitrogens with zero attached hydrogens (tertiary/aromatic N) is 2. The van der Waals surface area contributed by atoms with Crippen molar-refractivity contribution in [3.05, 3.63) is 62.7 Å². The van der Waals surface area contributed by atoms with E-state index in [-0.39, 0.29) is 10.6 Å². The highest BCUT2D eigenvalue weighted by Gasteiger charge is 2.25. The lowest BCUT2D eigenvalue weighted by Gasteiger charge is -2.21. The smallest absolute Gasteiger partial charge is 0.269 e. The van der Waals surface area contributed by atoms with Crippen molar-refractivity contribution in [1.82, 2.24) is 0 Å². The van der Waals surface area contributed by atoms with Crippen LogP contribution in [0.1, 0.15) is 11.1 Å². The molecule has 0 fully saturated rings. The topological polar surface area (TPSA) is 80.5 Å². The normalized spacial score (nSPS) is 11.3. The first kappa shape index (κ1) is 17.2. The lowest BCUT2D eigenvalue weighted by Crippen LogP contribution is -2.27. The summed E-state index contributed by atoms with van der Waals surface area (Å²) in [7, 11) is -2.55. The van der Waals surface area contributed by atoms with Gasteiger partial charge in [0.1, 0.15) is 0 Å². The third-order valence-corrected chi connectivity index (χ3v) is 5.55. The third kappa shape index (κ3) is 3.30. The van der Waals surface area contributed by atoms with Crippen molar-refractivity contribution in [3.8, 4) is 0 Å². The number of sulfonamides is 1. The molecular formula is C15H15ClN2O4S. The van der Waals surface area contributed by atoms with Crippen molar-refractivity contribution in [2.24, 2.45) is 0 Å². The number of anilines is 1. The van der Waals surface area contributed by atoms with E-state index in [4.69, 9.17) is 11.6 Å². The Bertz CT molecular complexity index is 881. The molecule has 6 nitrogen and oxygen atoms in total. The highest BCUT2D eigenvalue weighted by molar-refractivity contribution is 7.92. The quantitative estimate of drug-likeness (QED) is 0.619. The highest BCUT2D eigenvalue weighted by atomic mass is 35.5. The average Bonchev–Trinajstić information content (AvgIpc) is 2.48. The molecule has 0 N–H and O–H groups in total. The molecule has 23 heavy (non-hydrogen) atoms. The van der Waals surface area contributed by atoms with Gasteiger partial charge in [0.15, 0.2) is 0 Å². The van der Waals surface area contributed by atoms with Gasteiger partial charge in [-0.25, -0.2) is 8.42 Å². The summed E-state index contributed by atoms with van der Waals surface area (Å²) < 4.78 is 26.6. The van der Waals surface area contributed by atoms with E-state index >= 15 is 0 Å². The Morgan fingerprint density at radius 1 is 1.09 bits per heavy atom. The SMILES string of the molecule is Cc1ccc(Cl)cc1N(C)S(=O)(=O)c1ccc(C)c([N+](=O)[O-])c1. The largest absolute Gasteiger partial charge is 0.273 e. The predicted octanol–water partition coefficient (Wildman–Crippen LogP) is 3.69. The van der Waals surface area contributed by atoms with E-state index in [1.807, 2.05) is 0 Å². The lowest BCUT2D eigenvalue weighted by atomic mass is 10.2. The molecule has 122 valence electrons. The van der Waals surface area contributed by atoms with E-state index in [2.05, 4.69) is 0 Å². The number of rotatable bonds is 4. The number of hydrogen-bond donors (Lipinski definition) is 0. The first-order valence-corrected chi connectivity index (χ1v) is 8.46. The fourth-order valence-corrected chi connectivity index (χ4v) is 3.59. The van der Waals surface area contributed by atoms with Gasteiger partial charge in [-0.15, -0.1) is 0 Å². The van der Waals surface area contributed by atoms with Crippen LogP contribution < -0.4 is 4.31 Å². The maximum Gasteiger partial charge on any atom is 0.273 e. The Labute approximate surface area is 139 Å². The number of nitro benzene ring substituents is 1. The molecule has 0 saturated heterocycles. The van der Waals surface area contributed by atoms with Crippen LogP contribution in [0.3, 0.4) is 0 Å². The maximum atomic E-state index is 12.7. The molecule has 0 radical (unpaired) electrons. The molecule has 0 heterocycles. The van der Waals surface area contributed by atoms with Crippen LogP contribution in [0.4, 0.5) is 11.4 Å². The molecule has 0 aliphatic heterocycles. The molecule has 0 amide bonds. The molecule has 0 atom stereocenters. The van der Waals surface area contributed by atoms with Gasteiger partial charge in [0.25, 0.3) is 15.7 Å². The molecule has 0 unspecified atom stereocenters. The molecule has 2 aromatic rings. The molecule has 2 aromatic carbocycles. The van der Waals surface area contributed by atoms with Gasteiger partial charge in [0.2, 0.25) is 0 Å².